The van der Waals surface area contributed by atoms with Crippen molar-refractivity contribution < 1.29 is 4.79 Å². The lowest BCUT2D eigenvalue weighted by Gasteiger charge is -2.27. The normalized spacial score (nSPS) is 23.2. The maximum absolute atomic E-state index is 13.4. The largest absolute Gasteiger partial charge is 0.367 e. The van der Waals surface area contributed by atoms with Gasteiger partial charge >= 0.3 is 0 Å². The topological polar surface area (TPSA) is 66.7 Å². The second-order valence-electron chi connectivity index (χ2n) is 8.55. The molecular weight excluding hydrogens is 428 g/mol. The number of aromatic nitrogens is 2. The van der Waals surface area contributed by atoms with Crippen LogP contribution in [0.5, 0.6) is 0 Å². The Morgan fingerprint density at radius 3 is 2.71 bits per heavy atom. The van der Waals surface area contributed by atoms with Crippen LogP contribution in [-0.2, 0) is 4.79 Å². The number of nitrogens with zero attached hydrogens (tertiary/aromatic N) is 3. The molecule has 8 heteroatoms. The van der Waals surface area contributed by atoms with E-state index in [0.717, 1.165) is 43.6 Å². The van der Waals surface area contributed by atoms with E-state index in [9.17, 15) is 9.59 Å². The first-order chi connectivity index (χ1) is 14.9. The van der Waals surface area contributed by atoms with Gasteiger partial charge < -0.3 is 5.32 Å². The maximum Gasteiger partial charge on any atom is 0.267 e. The molecule has 6 nitrogen and oxygen atoms in total. The van der Waals surface area contributed by atoms with E-state index in [2.05, 4.69) is 12.2 Å². The molecule has 1 amide bonds. The number of amides is 1. The van der Waals surface area contributed by atoms with Gasteiger partial charge in [-0.3, -0.25) is 18.9 Å². The summed E-state index contributed by atoms with van der Waals surface area (Å²) in [6, 6.07) is 4.08. The lowest BCUT2D eigenvalue weighted by Crippen LogP contribution is -2.29. The van der Waals surface area contributed by atoms with Crippen LogP contribution in [0.1, 0.15) is 57.1 Å². The molecule has 2 aromatic heterocycles. The minimum Gasteiger partial charge on any atom is -0.367 e. The number of carbonyl (C=O) groups is 1. The summed E-state index contributed by atoms with van der Waals surface area (Å²) in [4.78, 5) is 33.2. The first-order valence-corrected chi connectivity index (χ1v) is 12.1. The molecule has 0 atom stereocenters. The van der Waals surface area contributed by atoms with Crippen LogP contribution >= 0.6 is 24.0 Å². The monoisotopic (exact) mass is 456 g/mol. The molecular formula is C23H28N4O2S2. The van der Waals surface area contributed by atoms with Crippen molar-refractivity contribution in [2.75, 3.05) is 11.9 Å². The van der Waals surface area contributed by atoms with Crippen LogP contribution in [0.25, 0.3) is 11.7 Å². The molecule has 1 aliphatic carbocycles. The summed E-state index contributed by atoms with van der Waals surface area (Å²) >= 11 is 6.64. The number of anilines is 1. The van der Waals surface area contributed by atoms with Crippen LogP contribution < -0.4 is 10.9 Å². The zero-order valence-electron chi connectivity index (χ0n) is 18.2. The number of aryl methyl sites for hydroxylation is 1. The van der Waals surface area contributed by atoms with Crippen molar-refractivity contribution in [2.45, 2.75) is 58.9 Å². The van der Waals surface area contributed by atoms with Crippen LogP contribution in [-0.4, -0.2) is 37.1 Å². The standard InChI is InChI=1S/C23H28N4O2S2/c1-4-11-26-22(29)18(31-23(26)30)12-17-20(24-16-8-5-14(2)6-9-16)25-19-10-7-15(3)13-27(19)21(17)28/h7,10,12-14,16,24H,4-6,8-9,11H2,1-3H3. The van der Waals surface area contributed by atoms with Gasteiger partial charge in [0.2, 0.25) is 0 Å². The number of thioether (sulfide) groups is 1. The molecule has 0 unspecified atom stereocenters. The molecule has 4 rings (SSSR count). The second kappa shape index (κ2) is 9.12. The van der Waals surface area contributed by atoms with Crippen LogP contribution in [0.3, 0.4) is 0 Å². The van der Waals surface area contributed by atoms with Crippen molar-refractivity contribution >= 4 is 51.7 Å². The van der Waals surface area contributed by atoms with E-state index in [0.29, 0.717) is 32.8 Å². The van der Waals surface area contributed by atoms with Gasteiger partial charge in [0.25, 0.3) is 11.5 Å². The molecule has 1 aliphatic heterocycles. The molecule has 2 aromatic rings. The molecule has 2 aliphatic rings. The Kier molecular flexibility index (Phi) is 6.48. The summed E-state index contributed by atoms with van der Waals surface area (Å²) in [5.41, 5.74) is 1.80. The number of fused-ring (bicyclic) bond motifs is 1. The van der Waals surface area contributed by atoms with Gasteiger partial charge in [-0.1, -0.05) is 43.9 Å². The number of nitrogens with one attached hydrogen (secondary N) is 1. The highest BCUT2D eigenvalue weighted by molar-refractivity contribution is 8.26. The molecule has 0 bridgehead atoms. The smallest absolute Gasteiger partial charge is 0.267 e. The average molecular weight is 457 g/mol. The fourth-order valence-electron chi connectivity index (χ4n) is 4.14. The Bertz CT molecular complexity index is 1120. The van der Waals surface area contributed by atoms with Crippen LogP contribution in [0, 0.1) is 12.8 Å². The molecule has 2 fully saturated rings. The maximum atomic E-state index is 13.4. The third-order valence-electron chi connectivity index (χ3n) is 5.96. The molecule has 0 aromatic carbocycles. The summed E-state index contributed by atoms with van der Waals surface area (Å²) in [7, 11) is 0. The van der Waals surface area contributed by atoms with Gasteiger partial charge in [0, 0.05) is 18.8 Å². The summed E-state index contributed by atoms with van der Waals surface area (Å²) in [6.07, 6.45) is 8.71. The fourth-order valence-corrected chi connectivity index (χ4v) is 5.43. The number of thiocarbonyl (C=S) groups is 1. The van der Waals surface area contributed by atoms with Crippen molar-refractivity contribution in [3.8, 4) is 0 Å². The number of rotatable bonds is 5. The summed E-state index contributed by atoms with van der Waals surface area (Å²) in [5.74, 6) is 1.15. The highest BCUT2D eigenvalue weighted by Crippen LogP contribution is 2.33. The Labute approximate surface area is 192 Å². The van der Waals surface area contributed by atoms with Crippen molar-refractivity contribution in [2.24, 2.45) is 5.92 Å². The van der Waals surface area contributed by atoms with Crippen LogP contribution in [0.15, 0.2) is 28.0 Å². The minimum absolute atomic E-state index is 0.136. The number of carbonyl (C=O) groups excluding carboxylic acids is 1. The highest BCUT2D eigenvalue weighted by Gasteiger charge is 2.32. The van der Waals surface area contributed by atoms with Gasteiger partial charge in [0.05, 0.1) is 10.5 Å². The third kappa shape index (κ3) is 4.55. The Morgan fingerprint density at radius 2 is 2.00 bits per heavy atom. The van der Waals surface area contributed by atoms with Gasteiger partial charge in [-0.2, -0.15) is 0 Å². The summed E-state index contributed by atoms with van der Waals surface area (Å²) in [6.45, 7) is 6.82. The highest BCUT2D eigenvalue weighted by atomic mass is 32.2. The van der Waals surface area contributed by atoms with E-state index >= 15 is 0 Å². The van der Waals surface area contributed by atoms with Gasteiger partial charge in [0.15, 0.2) is 0 Å². The van der Waals surface area contributed by atoms with Gasteiger partial charge in [-0.15, -0.1) is 0 Å². The Hall–Kier alpha value is -2.19. The van der Waals surface area contributed by atoms with Crippen LogP contribution in [0.2, 0.25) is 0 Å². The number of pyridine rings is 1. The molecule has 31 heavy (non-hydrogen) atoms. The summed E-state index contributed by atoms with van der Waals surface area (Å²) < 4.78 is 2.10. The lowest BCUT2D eigenvalue weighted by molar-refractivity contribution is -0.122. The molecule has 1 saturated heterocycles. The zero-order valence-corrected chi connectivity index (χ0v) is 19.8. The SMILES string of the molecule is CCCN1C(=O)C(=Cc2c(NC3CCC(C)CC3)nc3ccc(C)cn3c2=O)SC1=S. The first kappa shape index (κ1) is 22.0. The third-order valence-corrected chi connectivity index (χ3v) is 7.34. The predicted octanol–water partition coefficient (Wildman–Crippen LogP) is 4.60. The zero-order chi connectivity index (χ0) is 22.1. The average Bonchev–Trinajstić information content (AvgIpc) is 3.01. The molecule has 1 saturated carbocycles. The van der Waals surface area contributed by atoms with Gasteiger partial charge in [-0.05, 0) is 62.7 Å². The van der Waals surface area contributed by atoms with Gasteiger partial charge in [-0.25, -0.2) is 4.98 Å². The van der Waals surface area contributed by atoms with E-state index in [1.807, 2.05) is 26.0 Å². The van der Waals surface area contributed by atoms with Crippen molar-refractivity contribution in [1.82, 2.24) is 14.3 Å². The summed E-state index contributed by atoms with van der Waals surface area (Å²) in [5, 5.41) is 3.52. The first-order valence-electron chi connectivity index (χ1n) is 10.9. The van der Waals surface area contributed by atoms with E-state index in [-0.39, 0.29) is 17.5 Å². The molecule has 1 N–H and O–H groups in total. The molecule has 164 valence electrons. The minimum atomic E-state index is -0.180. The molecule has 0 radical (unpaired) electrons. The lowest BCUT2D eigenvalue weighted by atomic mass is 9.87. The van der Waals surface area contributed by atoms with Crippen molar-refractivity contribution in [3.63, 3.8) is 0 Å². The van der Waals surface area contributed by atoms with E-state index in [1.54, 1.807) is 21.6 Å². The van der Waals surface area contributed by atoms with E-state index in [1.165, 1.54) is 11.8 Å². The predicted molar refractivity (Wildman–Crippen MR) is 131 cm³/mol. The Balaban J connectivity index is 1.78. The fraction of sp³-hybridized carbons (Fsp3) is 0.478. The van der Waals surface area contributed by atoms with Crippen molar-refractivity contribution in [1.29, 1.82) is 0 Å². The van der Waals surface area contributed by atoms with Gasteiger partial charge in [0.1, 0.15) is 15.8 Å². The molecule has 0 spiro atoms. The van der Waals surface area contributed by atoms with E-state index < -0.39 is 0 Å². The second-order valence-corrected chi connectivity index (χ2v) is 10.2. The molecule has 3 heterocycles. The Morgan fingerprint density at radius 1 is 1.26 bits per heavy atom. The number of hydrogen-bond acceptors (Lipinski definition) is 6. The van der Waals surface area contributed by atoms with Crippen molar-refractivity contribution in [3.05, 3.63) is 44.7 Å². The van der Waals surface area contributed by atoms with Crippen LogP contribution in [0.4, 0.5) is 5.82 Å². The van der Waals surface area contributed by atoms with E-state index in [4.69, 9.17) is 17.2 Å². The quantitative estimate of drug-likeness (QED) is 0.524. The number of hydrogen-bond donors (Lipinski definition) is 1.